The zero-order valence-corrected chi connectivity index (χ0v) is 9.42. The van der Waals surface area contributed by atoms with E-state index >= 15 is 0 Å². The first kappa shape index (κ1) is 11.9. The third-order valence-electron chi connectivity index (χ3n) is 2.24. The SMILES string of the molecule is CCCCCC#CC(C)(O)c1ccco1. The van der Waals surface area contributed by atoms with Crippen molar-refractivity contribution in [1.82, 2.24) is 0 Å². The largest absolute Gasteiger partial charge is 0.465 e. The molecule has 1 N–H and O–H groups in total. The Kier molecular flexibility index (Phi) is 4.45. The van der Waals surface area contributed by atoms with Crippen LogP contribution in [0.15, 0.2) is 22.8 Å². The van der Waals surface area contributed by atoms with E-state index in [0.717, 1.165) is 12.8 Å². The van der Waals surface area contributed by atoms with E-state index in [2.05, 4.69) is 18.8 Å². The highest BCUT2D eigenvalue weighted by molar-refractivity contribution is 5.22. The van der Waals surface area contributed by atoms with Gasteiger partial charge in [0.05, 0.1) is 6.26 Å². The van der Waals surface area contributed by atoms with E-state index in [1.807, 2.05) is 0 Å². The predicted octanol–water partition coefficient (Wildman–Crippen LogP) is 3.07. The third kappa shape index (κ3) is 3.81. The molecule has 2 heteroatoms. The molecule has 0 saturated carbocycles. The molecule has 0 saturated heterocycles. The maximum atomic E-state index is 9.96. The van der Waals surface area contributed by atoms with Crippen molar-refractivity contribution in [3.8, 4) is 11.8 Å². The van der Waals surface area contributed by atoms with Crippen molar-refractivity contribution in [2.75, 3.05) is 0 Å². The molecule has 2 nitrogen and oxygen atoms in total. The lowest BCUT2D eigenvalue weighted by atomic mass is 10.0. The number of hydrogen-bond donors (Lipinski definition) is 1. The molecule has 0 aliphatic carbocycles. The molecule has 0 bridgehead atoms. The first-order chi connectivity index (χ1) is 7.17. The minimum absolute atomic E-state index is 0.505. The van der Waals surface area contributed by atoms with Crippen molar-refractivity contribution in [2.45, 2.75) is 45.1 Å². The lowest BCUT2D eigenvalue weighted by Gasteiger charge is -2.12. The van der Waals surface area contributed by atoms with Gasteiger partial charge >= 0.3 is 0 Å². The fraction of sp³-hybridized carbons (Fsp3) is 0.538. The first-order valence-electron chi connectivity index (χ1n) is 5.43. The Morgan fingerprint density at radius 1 is 1.47 bits per heavy atom. The van der Waals surface area contributed by atoms with Crippen LogP contribution < -0.4 is 0 Å². The van der Waals surface area contributed by atoms with Gasteiger partial charge in [-0.3, -0.25) is 0 Å². The summed E-state index contributed by atoms with van der Waals surface area (Å²) in [6, 6.07) is 3.49. The highest BCUT2D eigenvalue weighted by Crippen LogP contribution is 2.19. The molecule has 82 valence electrons. The van der Waals surface area contributed by atoms with Crippen LogP contribution in [-0.4, -0.2) is 5.11 Å². The van der Waals surface area contributed by atoms with Gasteiger partial charge in [-0.15, -0.1) is 0 Å². The summed E-state index contributed by atoms with van der Waals surface area (Å²) < 4.78 is 5.12. The smallest absolute Gasteiger partial charge is 0.180 e. The Morgan fingerprint density at radius 3 is 2.87 bits per heavy atom. The number of rotatable bonds is 4. The van der Waals surface area contributed by atoms with Crippen LogP contribution in [0.4, 0.5) is 0 Å². The Labute approximate surface area is 91.3 Å². The van der Waals surface area contributed by atoms with Gasteiger partial charge in [0.1, 0.15) is 5.76 Å². The van der Waals surface area contributed by atoms with Crippen LogP contribution in [0.5, 0.6) is 0 Å². The van der Waals surface area contributed by atoms with E-state index in [1.54, 1.807) is 25.3 Å². The predicted molar refractivity (Wildman–Crippen MR) is 60.2 cm³/mol. The van der Waals surface area contributed by atoms with Crippen LogP contribution in [0.3, 0.4) is 0 Å². The number of hydrogen-bond acceptors (Lipinski definition) is 2. The van der Waals surface area contributed by atoms with Crippen LogP contribution in [0, 0.1) is 11.8 Å². The molecule has 1 aromatic rings. The summed E-state index contributed by atoms with van der Waals surface area (Å²) >= 11 is 0. The van der Waals surface area contributed by atoms with E-state index in [4.69, 9.17) is 4.42 Å². The molecule has 0 aliphatic heterocycles. The molecule has 0 radical (unpaired) electrons. The van der Waals surface area contributed by atoms with E-state index in [0.29, 0.717) is 5.76 Å². The Balaban J connectivity index is 2.49. The zero-order chi connectivity index (χ0) is 11.1. The minimum Gasteiger partial charge on any atom is -0.465 e. The van der Waals surface area contributed by atoms with Gasteiger partial charge in [0.2, 0.25) is 0 Å². The van der Waals surface area contributed by atoms with Gasteiger partial charge in [0, 0.05) is 6.42 Å². The molecular weight excluding hydrogens is 188 g/mol. The van der Waals surface area contributed by atoms with Gasteiger partial charge in [-0.25, -0.2) is 0 Å². The van der Waals surface area contributed by atoms with Crippen molar-refractivity contribution in [2.24, 2.45) is 0 Å². The van der Waals surface area contributed by atoms with Crippen LogP contribution in [0.25, 0.3) is 0 Å². The minimum atomic E-state index is -1.16. The number of unbranched alkanes of at least 4 members (excludes halogenated alkanes) is 3. The molecule has 0 spiro atoms. The second kappa shape index (κ2) is 5.63. The summed E-state index contributed by atoms with van der Waals surface area (Å²) in [5.74, 6) is 6.33. The average molecular weight is 206 g/mol. The van der Waals surface area contributed by atoms with Crippen LogP contribution >= 0.6 is 0 Å². The summed E-state index contributed by atoms with van der Waals surface area (Å²) in [5, 5.41) is 9.96. The molecule has 0 aromatic carbocycles. The summed E-state index contributed by atoms with van der Waals surface area (Å²) in [5.41, 5.74) is -1.16. The van der Waals surface area contributed by atoms with Crippen molar-refractivity contribution in [1.29, 1.82) is 0 Å². The zero-order valence-electron chi connectivity index (χ0n) is 9.42. The Hall–Kier alpha value is -1.20. The van der Waals surface area contributed by atoms with E-state index in [9.17, 15) is 5.11 Å². The topological polar surface area (TPSA) is 33.4 Å². The van der Waals surface area contributed by atoms with Crippen molar-refractivity contribution >= 4 is 0 Å². The molecule has 1 rings (SSSR count). The van der Waals surface area contributed by atoms with Gasteiger partial charge in [-0.2, -0.15) is 0 Å². The fourth-order valence-electron chi connectivity index (χ4n) is 1.32. The van der Waals surface area contributed by atoms with E-state index in [-0.39, 0.29) is 0 Å². The lowest BCUT2D eigenvalue weighted by molar-refractivity contribution is 0.0953. The molecule has 1 unspecified atom stereocenters. The van der Waals surface area contributed by atoms with Crippen LogP contribution in [0.1, 0.15) is 45.3 Å². The quantitative estimate of drug-likeness (QED) is 0.606. The maximum Gasteiger partial charge on any atom is 0.180 e. The molecule has 0 aliphatic rings. The van der Waals surface area contributed by atoms with E-state index in [1.165, 1.54) is 12.8 Å². The highest BCUT2D eigenvalue weighted by atomic mass is 16.4. The van der Waals surface area contributed by atoms with E-state index < -0.39 is 5.60 Å². The van der Waals surface area contributed by atoms with Gasteiger partial charge in [0.25, 0.3) is 0 Å². The standard InChI is InChI=1S/C13H18O2/c1-3-4-5-6-7-10-13(2,14)12-9-8-11-15-12/h8-9,11,14H,3-6H2,1-2H3. The van der Waals surface area contributed by atoms with Crippen LogP contribution in [0.2, 0.25) is 0 Å². The Morgan fingerprint density at radius 2 is 2.27 bits per heavy atom. The van der Waals surface area contributed by atoms with Gasteiger partial charge in [-0.05, 0) is 25.5 Å². The lowest BCUT2D eigenvalue weighted by Crippen LogP contribution is -2.17. The monoisotopic (exact) mass is 206 g/mol. The third-order valence-corrected chi connectivity index (χ3v) is 2.24. The van der Waals surface area contributed by atoms with Gasteiger partial charge in [-0.1, -0.05) is 31.6 Å². The van der Waals surface area contributed by atoms with Crippen LogP contribution in [-0.2, 0) is 5.60 Å². The van der Waals surface area contributed by atoms with Crippen molar-refractivity contribution < 1.29 is 9.52 Å². The summed E-state index contributed by atoms with van der Waals surface area (Å²) in [6.45, 7) is 3.81. The van der Waals surface area contributed by atoms with Gasteiger partial charge < -0.3 is 9.52 Å². The number of aliphatic hydroxyl groups is 1. The number of furan rings is 1. The van der Waals surface area contributed by atoms with Crippen molar-refractivity contribution in [3.63, 3.8) is 0 Å². The highest BCUT2D eigenvalue weighted by Gasteiger charge is 2.22. The Bertz CT molecular complexity index is 325. The molecule has 0 fully saturated rings. The van der Waals surface area contributed by atoms with Gasteiger partial charge in [0.15, 0.2) is 5.60 Å². The second-order valence-corrected chi connectivity index (χ2v) is 3.81. The van der Waals surface area contributed by atoms with Crippen molar-refractivity contribution in [3.05, 3.63) is 24.2 Å². The molecule has 1 heterocycles. The molecule has 1 aromatic heterocycles. The molecular formula is C13H18O2. The second-order valence-electron chi connectivity index (χ2n) is 3.81. The maximum absolute atomic E-state index is 9.96. The first-order valence-corrected chi connectivity index (χ1v) is 5.43. The summed E-state index contributed by atoms with van der Waals surface area (Å²) in [7, 11) is 0. The summed E-state index contributed by atoms with van der Waals surface area (Å²) in [6.07, 6.45) is 5.86. The average Bonchev–Trinajstić information content (AvgIpc) is 2.70. The fourth-order valence-corrected chi connectivity index (χ4v) is 1.32. The molecule has 0 amide bonds. The summed E-state index contributed by atoms with van der Waals surface area (Å²) in [4.78, 5) is 0. The molecule has 1 atom stereocenters. The normalized spacial score (nSPS) is 14.1. The molecule has 15 heavy (non-hydrogen) atoms.